The van der Waals surface area contributed by atoms with Gasteiger partial charge in [-0.05, 0) is 49.3 Å². The molecule has 0 saturated heterocycles. The first-order chi connectivity index (χ1) is 9.02. The fraction of sp³-hybridized carbons (Fsp3) is 0.562. The average Bonchev–Trinajstić information content (AvgIpc) is 2.36. The molecule has 2 N–H and O–H groups in total. The Labute approximate surface area is 115 Å². The molecular formula is C16H24O3. The minimum absolute atomic E-state index is 0.0429. The predicted octanol–water partition coefficient (Wildman–Crippen LogP) is 4.08. The molecule has 0 atom stereocenters. The molecule has 1 rings (SSSR count). The summed E-state index contributed by atoms with van der Waals surface area (Å²) >= 11 is 0. The van der Waals surface area contributed by atoms with Crippen LogP contribution in [0, 0.1) is 6.92 Å². The zero-order valence-corrected chi connectivity index (χ0v) is 12.1. The molecule has 0 spiro atoms. The third-order valence-electron chi connectivity index (χ3n) is 3.56. The molecule has 0 radical (unpaired) electrons. The van der Waals surface area contributed by atoms with Gasteiger partial charge in [0.05, 0.1) is 0 Å². The Bertz CT molecular complexity index is 418. The SMILES string of the molecule is CCCCc1cc(CCCC)c(O)c(C(=O)O)c1C. The van der Waals surface area contributed by atoms with Crippen LogP contribution in [0.3, 0.4) is 0 Å². The summed E-state index contributed by atoms with van der Waals surface area (Å²) in [5.41, 5.74) is 2.62. The van der Waals surface area contributed by atoms with E-state index in [1.807, 2.05) is 6.07 Å². The van der Waals surface area contributed by atoms with Crippen molar-refractivity contribution in [1.82, 2.24) is 0 Å². The molecule has 0 aliphatic rings. The quantitative estimate of drug-likeness (QED) is 0.780. The maximum atomic E-state index is 11.3. The molecule has 0 aromatic heterocycles. The van der Waals surface area contributed by atoms with Crippen molar-refractivity contribution in [3.8, 4) is 5.75 Å². The highest BCUT2D eigenvalue weighted by atomic mass is 16.4. The summed E-state index contributed by atoms with van der Waals surface area (Å²) in [6.45, 7) is 5.99. The second kappa shape index (κ2) is 7.17. The van der Waals surface area contributed by atoms with E-state index in [0.29, 0.717) is 5.56 Å². The number of aryl methyl sites for hydroxylation is 2. The van der Waals surface area contributed by atoms with Crippen LogP contribution in [0.4, 0.5) is 0 Å². The molecule has 0 aliphatic carbocycles. The van der Waals surface area contributed by atoms with Gasteiger partial charge in [0, 0.05) is 0 Å². The van der Waals surface area contributed by atoms with Gasteiger partial charge in [-0.15, -0.1) is 0 Å². The number of unbranched alkanes of at least 4 members (excludes halogenated alkanes) is 2. The van der Waals surface area contributed by atoms with Crippen molar-refractivity contribution in [3.63, 3.8) is 0 Å². The molecule has 0 unspecified atom stereocenters. The van der Waals surface area contributed by atoms with Gasteiger partial charge in [0.2, 0.25) is 0 Å². The highest BCUT2D eigenvalue weighted by Gasteiger charge is 2.19. The van der Waals surface area contributed by atoms with Crippen molar-refractivity contribution in [1.29, 1.82) is 0 Å². The Balaban J connectivity index is 3.24. The second-order valence-corrected chi connectivity index (χ2v) is 5.06. The van der Waals surface area contributed by atoms with E-state index in [9.17, 15) is 15.0 Å². The Morgan fingerprint density at radius 2 is 1.63 bits per heavy atom. The highest BCUT2D eigenvalue weighted by molar-refractivity contribution is 5.93. The lowest BCUT2D eigenvalue weighted by atomic mass is 9.92. The summed E-state index contributed by atoms with van der Waals surface area (Å²) in [5.74, 6) is -1.08. The average molecular weight is 264 g/mol. The molecule has 0 bridgehead atoms. The first-order valence-corrected chi connectivity index (χ1v) is 7.10. The van der Waals surface area contributed by atoms with Gasteiger partial charge in [0.15, 0.2) is 0 Å². The van der Waals surface area contributed by atoms with E-state index in [-0.39, 0.29) is 11.3 Å². The molecule has 3 nitrogen and oxygen atoms in total. The molecule has 0 saturated carbocycles. The van der Waals surface area contributed by atoms with Crippen LogP contribution < -0.4 is 0 Å². The minimum Gasteiger partial charge on any atom is -0.507 e. The van der Waals surface area contributed by atoms with E-state index < -0.39 is 5.97 Å². The topological polar surface area (TPSA) is 57.5 Å². The number of rotatable bonds is 7. The van der Waals surface area contributed by atoms with Gasteiger partial charge in [0.25, 0.3) is 0 Å². The molecule has 3 heteroatoms. The molecule has 0 heterocycles. The number of carbonyl (C=O) groups is 1. The zero-order valence-electron chi connectivity index (χ0n) is 12.1. The molecule has 1 aromatic carbocycles. The van der Waals surface area contributed by atoms with Crippen molar-refractivity contribution in [2.24, 2.45) is 0 Å². The first-order valence-electron chi connectivity index (χ1n) is 7.10. The summed E-state index contributed by atoms with van der Waals surface area (Å²) in [5, 5.41) is 19.4. The van der Waals surface area contributed by atoms with Gasteiger partial charge in [-0.1, -0.05) is 32.8 Å². The Hall–Kier alpha value is -1.51. The fourth-order valence-electron chi connectivity index (χ4n) is 2.33. The third-order valence-corrected chi connectivity index (χ3v) is 3.56. The van der Waals surface area contributed by atoms with Gasteiger partial charge in [0.1, 0.15) is 11.3 Å². The third kappa shape index (κ3) is 3.72. The lowest BCUT2D eigenvalue weighted by molar-refractivity contribution is 0.0692. The van der Waals surface area contributed by atoms with Gasteiger partial charge in [-0.25, -0.2) is 4.79 Å². The number of benzene rings is 1. The van der Waals surface area contributed by atoms with Crippen LogP contribution in [-0.2, 0) is 12.8 Å². The summed E-state index contributed by atoms with van der Waals surface area (Å²) in [6, 6.07) is 1.99. The van der Waals surface area contributed by atoms with Gasteiger partial charge in [-0.2, -0.15) is 0 Å². The van der Waals surface area contributed by atoms with E-state index in [4.69, 9.17) is 0 Å². The van der Waals surface area contributed by atoms with Crippen LogP contribution >= 0.6 is 0 Å². The summed E-state index contributed by atoms with van der Waals surface area (Å²) in [7, 11) is 0. The smallest absolute Gasteiger partial charge is 0.339 e. The number of carboxylic acid groups (broad SMARTS) is 1. The van der Waals surface area contributed by atoms with Crippen LogP contribution in [0.5, 0.6) is 5.75 Å². The number of phenols is 1. The normalized spacial score (nSPS) is 10.7. The lowest BCUT2D eigenvalue weighted by Gasteiger charge is -2.15. The number of carboxylic acids is 1. The molecule has 106 valence electrons. The number of hydrogen-bond donors (Lipinski definition) is 2. The molecule has 0 amide bonds. The zero-order chi connectivity index (χ0) is 14.4. The largest absolute Gasteiger partial charge is 0.507 e. The number of hydrogen-bond acceptors (Lipinski definition) is 2. The maximum absolute atomic E-state index is 11.3. The van der Waals surface area contributed by atoms with Crippen LogP contribution in [0.2, 0.25) is 0 Å². The van der Waals surface area contributed by atoms with Crippen molar-refractivity contribution >= 4 is 5.97 Å². The molecule has 1 aromatic rings. The predicted molar refractivity (Wildman–Crippen MR) is 77.0 cm³/mol. The summed E-state index contributed by atoms with van der Waals surface area (Å²) < 4.78 is 0. The Kier molecular flexibility index (Phi) is 5.87. The second-order valence-electron chi connectivity index (χ2n) is 5.06. The molecule has 0 aliphatic heterocycles. The number of aromatic carboxylic acids is 1. The van der Waals surface area contributed by atoms with Crippen LogP contribution in [0.1, 0.15) is 66.6 Å². The van der Waals surface area contributed by atoms with Crippen molar-refractivity contribution in [2.45, 2.75) is 59.3 Å². The molecular weight excluding hydrogens is 240 g/mol. The lowest BCUT2D eigenvalue weighted by Crippen LogP contribution is -2.06. The maximum Gasteiger partial charge on any atom is 0.339 e. The van der Waals surface area contributed by atoms with E-state index in [1.165, 1.54) is 0 Å². The molecule has 0 fully saturated rings. The van der Waals surface area contributed by atoms with E-state index in [1.54, 1.807) is 6.92 Å². The van der Waals surface area contributed by atoms with Gasteiger partial charge >= 0.3 is 5.97 Å². The van der Waals surface area contributed by atoms with Gasteiger partial charge < -0.3 is 10.2 Å². The van der Waals surface area contributed by atoms with E-state index in [0.717, 1.165) is 49.7 Å². The fourth-order valence-corrected chi connectivity index (χ4v) is 2.33. The van der Waals surface area contributed by atoms with Crippen molar-refractivity contribution in [2.75, 3.05) is 0 Å². The molecule has 19 heavy (non-hydrogen) atoms. The van der Waals surface area contributed by atoms with Gasteiger partial charge in [-0.3, -0.25) is 0 Å². The monoisotopic (exact) mass is 264 g/mol. The van der Waals surface area contributed by atoms with Crippen molar-refractivity contribution < 1.29 is 15.0 Å². The Morgan fingerprint density at radius 1 is 1.11 bits per heavy atom. The highest BCUT2D eigenvalue weighted by Crippen LogP contribution is 2.31. The van der Waals surface area contributed by atoms with E-state index in [2.05, 4.69) is 13.8 Å². The standard InChI is InChI=1S/C16H24O3/c1-4-6-8-12-10-13(9-7-5-2)15(17)14(11(12)3)16(18)19/h10,17H,4-9H2,1-3H3,(H,18,19). The number of aromatic hydroxyl groups is 1. The first kappa shape index (κ1) is 15.5. The van der Waals surface area contributed by atoms with E-state index >= 15 is 0 Å². The minimum atomic E-state index is -1.04. The van der Waals surface area contributed by atoms with Crippen LogP contribution in [-0.4, -0.2) is 16.2 Å². The van der Waals surface area contributed by atoms with Crippen LogP contribution in [0.15, 0.2) is 6.07 Å². The summed E-state index contributed by atoms with van der Waals surface area (Å²) in [6.07, 6.45) is 5.72. The Morgan fingerprint density at radius 3 is 2.11 bits per heavy atom. The van der Waals surface area contributed by atoms with Crippen LogP contribution in [0.25, 0.3) is 0 Å². The summed E-state index contributed by atoms with van der Waals surface area (Å²) in [4.78, 5) is 11.3. The van der Waals surface area contributed by atoms with Crippen molar-refractivity contribution in [3.05, 3.63) is 28.3 Å².